The molecule has 0 spiro atoms. The highest BCUT2D eigenvalue weighted by Crippen LogP contribution is 2.06. The van der Waals surface area contributed by atoms with Crippen LogP contribution in [0.15, 0.2) is 0 Å². The topological polar surface area (TPSA) is 32.3 Å². The van der Waals surface area contributed by atoms with Crippen LogP contribution in [0.5, 0.6) is 0 Å². The van der Waals surface area contributed by atoms with E-state index in [1.165, 1.54) is 0 Å². The molecule has 1 rings (SSSR count). The second kappa shape index (κ2) is 3.28. The van der Waals surface area contributed by atoms with Crippen molar-refractivity contribution in [2.24, 2.45) is 5.92 Å². The number of hydrogen-bond donors (Lipinski definition) is 2. The van der Waals surface area contributed by atoms with Crippen LogP contribution in [0.2, 0.25) is 0 Å². The van der Waals surface area contributed by atoms with Gasteiger partial charge in [0.15, 0.2) is 0 Å². The molecular formula is C5H12ClNO. The first-order valence-corrected chi connectivity index (χ1v) is 2.69. The fraction of sp³-hybridized carbons (Fsp3) is 1.00. The zero-order valence-electron chi connectivity index (χ0n) is 4.92. The first-order valence-electron chi connectivity index (χ1n) is 2.69. The maximum Gasteiger partial charge on any atom is 0.0564 e. The monoisotopic (exact) mass is 137 g/mol. The number of aliphatic hydroxyl groups excluding tert-OH is 1. The van der Waals surface area contributed by atoms with Crippen LogP contribution in [-0.2, 0) is 0 Å². The summed E-state index contributed by atoms with van der Waals surface area (Å²) in [6.07, 6.45) is -0.110. The van der Waals surface area contributed by atoms with E-state index in [0.29, 0.717) is 5.92 Å². The zero-order valence-corrected chi connectivity index (χ0v) is 5.74. The fourth-order valence-corrected chi connectivity index (χ4v) is 0.652. The summed E-state index contributed by atoms with van der Waals surface area (Å²) in [6.45, 7) is 3.83. The van der Waals surface area contributed by atoms with Crippen molar-refractivity contribution in [1.29, 1.82) is 0 Å². The Labute approximate surface area is 55.7 Å². The Morgan fingerprint density at radius 1 is 1.62 bits per heavy atom. The Morgan fingerprint density at radius 3 is 2.12 bits per heavy atom. The maximum atomic E-state index is 8.83. The third kappa shape index (κ3) is 1.62. The van der Waals surface area contributed by atoms with Gasteiger partial charge < -0.3 is 10.4 Å². The number of halogens is 1. The van der Waals surface area contributed by atoms with Gasteiger partial charge in [0.05, 0.1) is 6.10 Å². The predicted molar refractivity (Wildman–Crippen MR) is 35.3 cm³/mol. The molecule has 0 aromatic carbocycles. The molecule has 1 atom stereocenters. The molecule has 1 fully saturated rings. The standard InChI is InChI=1S/C5H11NO.ClH/c1-4(7)5-2-6-3-5;/h4-7H,2-3H2,1H3;1H/t4-;/m1./s1. The Morgan fingerprint density at radius 2 is 2.12 bits per heavy atom. The van der Waals surface area contributed by atoms with Gasteiger partial charge in [-0.05, 0) is 6.92 Å². The van der Waals surface area contributed by atoms with E-state index in [-0.39, 0.29) is 18.5 Å². The smallest absolute Gasteiger partial charge is 0.0564 e. The van der Waals surface area contributed by atoms with E-state index < -0.39 is 0 Å². The second-order valence-electron chi connectivity index (χ2n) is 2.16. The van der Waals surface area contributed by atoms with E-state index in [2.05, 4.69) is 5.32 Å². The Bertz CT molecular complexity index is 63.4. The first-order chi connectivity index (χ1) is 3.30. The third-order valence-electron chi connectivity index (χ3n) is 1.50. The average Bonchev–Trinajstić information content (AvgIpc) is 1.23. The molecule has 1 heterocycles. The first kappa shape index (κ1) is 8.21. The van der Waals surface area contributed by atoms with Gasteiger partial charge in [0.2, 0.25) is 0 Å². The van der Waals surface area contributed by atoms with Gasteiger partial charge in [-0.1, -0.05) is 0 Å². The molecule has 3 heteroatoms. The minimum atomic E-state index is -0.110. The van der Waals surface area contributed by atoms with Crippen LogP contribution in [0.25, 0.3) is 0 Å². The summed E-state index contributed by atoms with van der Waals surface area (Å²) < 4.78 is 0. The van der Waals surface area contributed by atoms with Crippen LogP contribution in [0, 0.1) is 5.92 Å². The summed E-state index contributed by atoms with van der Waals surface area (Å²) in [5.41, 5.74) is 0. The summed E-state index contributed by atoms with van der Waals surface area (Å²) >= 11 is 0. The van der Waals surface area contributed by atoms with Gasteiger partial charge in [-0.15, -0.1) is 12.4 Å². The number of rotatable bonds is 1. The van der Waals surface area contributed by atoms with E-state index in [1.807, 2.05) is 6.92 Å². The maximum absolute atomic E-state index is 8.83. The lowest BCUT2D eigenvalue weighted by Gasteiger charge is -2.29. The van der Waals surface area contributed by atoms with Gasteiger partial charge >= 0.3 is 0 Å². The SMILES string of the molecule is C[C@@H](O)C1CNC1.Cl. The van der Waals surface area contributed by atoms with Crippen LogP contribution < -0.4 is 5.32 Å². The Kier molecular flexibility index (Phi) is 3.36. The lowest BCUT2D eigenvalue weighted by molar-refractivity contribution is 0.0928. The molecule has 0 aliphatic carbocycles. The molecule has 1 aliphatic rings. The van der Waals surface area contributed by atoms with Gasteiger partial charge in [0.1, 0.15) is 0 Å². The van der Waals surface area contributed by atoms with Crippen LogP contribution in [0.3, 0.4) is 0 Å². The summed E-state index contributed by atoms with van der Waals surface area (Å²) in [5.74, 6) is 0.528. The average molecular weight is 138 g/mol. The normalized spacial score (nSPS) is 23.2. The molecule has 50 valence electrons. The molecule has 0 aromatic rings. The van der Waals surface area contributed by atoms with E-state index in [4.69, 9.17) is 5.11 Å². The molecule has 2 nitrogen and oxygen atoms in total. The van der Waals surface area contributed by atoms with Gasteiger partial charge in [0.25, 0.3) is 0 Å². The quantitative estimate of drug-likeness (QED) is 0.534. The Hall–Kier alpha value is 0.210. The second-order valence-corrected chi connectivity index (χ2v) is 2.16. The predicted octanol–water partition coefficient (Wildman–Crippen LogP) is 0.00840. The molecule has 0 saturated carbocycles. The third-order valence-corrected chi connectivity index (χ3v) is 1.50. The molecule has 8 heavy (non-hydrogen) atoms. The molecule has 0 aromatic heterocycles. The highest BCUT2D eigenvalue weighted by Gasteiger charge is 2.20. The zero-order chi connectivity index (χ0) is 5.28. The van der Waals surface area contributed by atoms with Gasteiger partial charge in [-0.3, -0.25) is 0 Å². The van der Waals surface area contributed by atoms with Gasteiger partial charge in [0, 0.05) is 19.0 Å². The van der Waals surface area contributed by atoms with Crippen LogP contribution in [-0.4, -0.2) is 24.3 Å². The van der Waals surface area contributed by atoms with E-state index in [9.17, 15) is 0 Å². The van der Waals surface area contributed by atoms with Crippen molar-refractivity contribution in [3.05, 3.63) is 0 Å². The van der Waals surface area contributed by atoms with Crippen molar-refractivity contribution in [2.75, 3.05) is 13.1 Å². The van der Waals surface area contributed by atoms with Crippen molar-refractivity contribution in [3.63, 3.8) is 0 Å². The molecule has 1 aliphatic heterocycles. The molecule has 1 saturated heterocycles. The molecule has 0 bridgehead atoms. The summed E-state index contributed by atoms with van der Waals surface area (Å²) in [5, 5.41) is 11.9. The van der Waals surface area contributed by atoms with E-state index in [1.54, 1.807) is 0 Å². The summed E-state index contributed by atoms with van der Waals surface area (Å²) in [6, 6.07) is 0. The molecule has 0 unspecified atom stereocenters. The number of hydrogen-bond acceptors (Lipinski definition) is 2. The highest BCUT2D eigenvalue weighted by atomic mass is 35.5. The summed E-state index contributed by atoms with van der Waals surface area (Å²) in [7, 11) is 0. The van der Waals surface area contributed by atoms with Crippen molar-refractivity contribution in [1.82, 2.24) is 5.32 Å². The largest absolute Gasteiger partial charge is 0.393 e. The van der Waals surface area contributed by atoms with Crippen LogP contribution in [0.1, 0.15) is 6.92 Å². The van der Waals surface area contributed by atoms with Crippen molar-refractivity contribution in [2.45, 2.75) is 13.0 Å². The minimum absolute atomic E-state index is 0. The fourth-order valence-electron chi connectivity index (χ4n) is 0.652. The Balaban J connectivity index is 0.000000490. The van der Waals surface area contributed by atoms with Crippen LogP contribution >= 0.6 is 12.4 Å². The van der Waals surface area contributed by atoms with Gasteiger partial charge in [-0.25, -0.2) is 0 Å². The molecular weight excluding hydrogens is 126 g/mol. The highest BCUT2D eigenvalue weighted by molar-refractivity contribution is 5.85. The van der Waals surface area contributed by atoms with Gasteiger partial charge in [-0.2, -0.15) is 0 Å². The van der Waals surface area contributed by atoms with Crippen molar-refractivity contribution >= 4 is 12.4 Å². The number of nitrogens with one attached hydrogen (secondary N) is 1. The van der Waals surface area contributed by atoms with Crippen molar-refractivity contribution in [3.8, 4) is 0 Å². The van der Waals surface area contributed by atoms with Crippen molar-refractivity contribution < 1.29 is 5.11 Å². The van der Waals surface area contributed by atoms with E-state index >= 15 is 0 Å². The molecule has 2 N–H and O–H groups in total. The summed E-state index contributed by atoms with van der Waals surface area (Å²) in [4.78, 5) is 0. The lowest BCUT2D eigenvalue weighted by Crippen LogP contribution is -2.47. The van der Waals surface area contributed by atoms with E-state index in [0.717, 1.165) is 13.1 Å². The van der Waals surface area contributed by atoms with Crippen LogP contribution in [0.4, 0.5) is 0 Å². The lowest BCUT2D eigenvalue weighted by atomic mass is 9.98. The molecule has 0 radical (unpaired) electrons. The molecule has 0 amide bonds. The number of aliphatic hydroxyl groups is 1. The minimum Gasteiger partial charge on any atom is -0.393 e.